The van der Waals surface area contributed by atoms with Gasteiger partial charge in [0.05, 0.1) is 6.54 Å². The van der Waals surface area contributed by atoms with Crippen molar-refractivity contribution in [3.63, 3.8) is 0 Å². The number of hydrogen-bond donors (Lipinski definition) is 2. The van der Waals surface area contributed by atoms with E-state index in [1.165, 1.54) is 0 Å². The first kappa shape index (κ1) is 16.7. The molecule has 1 fully saturated rings. The zero-order valence-electron chi connectivity index (χ0n) is 14.3. The van der Waals surface area contributed by atoms with Crippen molar-refractivity contribution in [2.24, 2.45) is 5.92 Å². The van der Waals surface area contributed by atoms with Crippen LogP contribution in [-0.2, 0) is 13.0 Å². The zero-order valence-corrected chi connectivity index (χ0v) is 14.3. The summed E-state index contributed by atoms with van der Waals surface area (Å²) in [6, 6.07) is 9.80. The third-order valence-corrected chi connectivity index (χ3v) is 4.35. The fourth-order valence-electron chi connectivity index (χ4n) is 3.18. The highest BCUT2D eigenvalue weighted by atomic mass is 16.5. The lowest BCUT2D eigenvalue weighted by molar-refractivity contribution is 0.0948. The quantitative estimate of drug-likeness (QED) is 0.856. The monoisotopic (exact) mass is 327 g/mol. The van der Waals surface area contributed by atoms with Gasteiger partial charge in [0.2, 0.25) is 0 Å². The predicted octanol–water partition coefficient (Wildman–Crippen LogP) is 2.88. The molecule has 0 unspecified atom stereocenters. The van der Waals surface area contributed by atoms with E-state index < -0.39 is 0 Å². The van der Waals surface area contributed by atoms with E-state index in [0.717, 1.165) is 48.5 Å². The van der Waals surface area contributed by atoms with Crippen molar-refractivity contribution in [1.82, 2.24) is 15.8 Å². The number of nitrogens with one attached hydrogen (secondary N) is 2. The molecule has 2 heterocycles. The number of carbonyl (C=O) groups excluding carboxylic acids is 1. The molecule has 5 heteroatoms. The maximum Gasteiger partial charge on any atom is 0.251 e. The molecule has 1 amide bonds. The van der Waals surface area contributed by atoms with Crippen LogP contribution >= 0.6 is 0 Å². The molecule has 2 N–H and O–H groups in total. The molecule has 1 atom stereocenters. The molecule has 2 aromatic rings. The molecule has 128 valence electrons. The SMILES string of the molecule is CC(C)Cc1cc(CNC(=O)c2ccccc2[C@@H]2CCNC2)no1. The minimum Gasteiger partial charge on any atom is -0.361 e. The molecule has 3 rings (SSSR count). The third-order valence-electron chi connectivity index (χ3n) is 4.35. The lowest BCUT2D eigenvalue weighted by Crippen LogP contribution is -2.25. The van der Waals surface area contributed by atoms with E-state index >= 15 is 0 Å². The van der Waals surface area contributed by atoms with Gasteiger partial charge in [-0.15, -0.1) is 0 Å². The van der Waals surface area contributed by atoms with Crippen molar-refractivity contribution in [2.75, 3.05) is 13.1 Å². The standard InChI is InChI=1S/C19H25N3O2/c1-13(2)9-16-10-15(22-24-16)12-21-19(23)18-6-4-3-5-17(18)14-7-8-20-11-14/h3-6,10,13-14,20H,7-9,11-12H2,1-2H3,(H,21,23)/t14-/m1/s1. The van der Waals surface area contributed by atoms with Gasteiger partial charge in [0.1, 0.15) is 11.5 Å². The second-order valence-electron chi connectivity index (χ2n) is 6.84. The first-order chi connectivity index (χ1) is 11.6. The molecule has 1 aliphatic heterocycles. The highest BCUT2D eigenvalue weighted by Gasteiger charge is 2.22. The molecule has 1 aromatic heterocycles. The zero-order chi connectivity index (χ0) is 16.9. The summed E-state index contributed by atoms with van der Waals surface area (Å²) in [5.74, 6) is 1.75. The number of rotatable bonds is 6. The van der Waals surface area contributed by atoms with Gasteiger partial charge in [0, 0.05) is 24.6 Å². The molecule has 0 bridgehead atoms. The Kier molecular flexibility index (Phi) is 5.30. The maximum absolute atomic E-state index is 12.6. The molecular formula is C19H25N3O2. The van der Waals surface area contributed by atoms with E-state index in [1.807, 2.05) is 24.3 Å². The summed E-state index contributed by atoms with van der Waals surface area (Å²) in [6.07, 6.45) is 1.94. The molecule has 0 radical (unpaired) electrons. The number of benzene rings is 1. The summed E-state index contributed by atoms with van der Waals surface area (Å²) < 4.78 is 5.31. The van der Waals surface area contributed by atoms with Gasteiger partial charge < -0.3 is 15.2 Å². The van der Waals surface area contributed by atoms with Crippen LogP contribution in [0.2, 0.25) is 0 Å². The average Bonchev–Trinajstić information content (AvgIpc) is 3.24. The van der Waals surface area contributed by atoms with Crippen molar-refractivity contribution >= 4 is 5.91 Å². The molecular weight excluding hydrogens is 302 g/mol. The fraction of sp³-hybridized carbons (Fsp3) is 0.474. The normalized spacial score (nSPS) is 17.4. The van der Waals surface area contributed by atoms with E-state index in [0.29, 0.717) is 18.4 Å². The topological polar surface area (TPSA) is 67.2 Å². The summed E-state index contributed by atoms with van der Waals surface area (Å²) in [5, 5.41) is 10.4. The van der Waals surface area contributed by atoms with Gasteiger partial charge in [-0.2, -0.15) is 0 Å². The Balaban J connectivity index is 1.64. The Hall–Kier alpha value is -2.14. The Bertz CT molecular complexity index is 687. The van der Waals surface area contributed by atoms with Crippen LogP contribution in [0.4, 0.5) is 0 Å². The van der Waals surface area contributed by atoms with Gasteiger partial charge >= 0.3 is 0 Å². The molecule has 1 aromatic carbocycles. The number of carbonyl (C=O) groups is 1. The van der Waals surface area contributed by atoms with Crippen LogP contribution in [0.25, 0.3) is 0 Å². The first-order valence-corrected chi connectivity index (χ1v) is 8.66. The lowest BCUT2D eigenvalue weighted by atomic mass is 9.93. The van der Waals surface area contributed by atoms with E-state index in [4.69, 9.17) is 4.52 Å². The number of nitrogens with zero attached hydrogens (tertiary/aromatic N) is 1. The summed E-state index contributed by atoms with van der Waals surface area (Å²) in [4.78, 5) is 12.6. The Morgan fingerprint density at radius 1 is 1.42 bits per heavy atom. The molecule has 1 saturated heterocycles. The number of amides is 1. The van der Waals surface area contributed by atoms with Crippen molar-refractivity contribution in [3.05, 3.63) is 52.9 Å². The Morgan fingerprint density at radius 2 is 2.25 bits per heavy atom. The minimum absolute atomic E-state index is 0.0501. The molecule has 5 nitrogen and oxygen atoms in total. The molecule has 0 spiro atoms. The summed E-state index contributed by atoms with van der Waals surface area (Å²) in [7, 11) is 0. The Labute approximate surface area is 142 Å². The van der Waals surface area contributed by atoms with Gasteiger partial charge in [-0.25, -0.2) is 0 Å². The predicted molar refractivity (Wildman–Crippen MR) is 92.9 cm³/mol. The second-order valence-corrected chi connectivity index (χ2v) is 6.84. The fourth-order valence-corrected chi connectivity index (χ4v) is 3.18. The molecule has 24 heavy (non-hydrogen) atoms. The van der Waals surface area contributed by atoms with Crippen molar-refractivity contribution in [3.8, 4) is 0 Å². The largest absolute Gasteiger partial charge is 0.361 e. The van der Waals surface area contributed by atoms with E-state index in [-0.39, 0.29) is 5.91 Å². The number of hydrogen-bond acceptors (Lipinski definition) is 4. The first-order valence-electron chi connectivity index (χ1n) is 8.66. The average molecular weight is 327 g/mol. The second kappa shape index (κ2) is 7.62. The van der Waals surface area contributed by atoms with Crippen LogP contribution in [0.1, 0.15) is 53.6 Å². The van der Waals surface area contributed by atoms with Crippen LogP contribution in [0, 0.1) is 5.92 Å². The lowest BCUT2D eigenvalue weighted by Gasteiger charge is -2.14. The van der Waals surface area contributed by atoms with Gasteiger partial charge in [0.25, 0.3) is 5.91 Å². The highest BCUT2D eigenvalue weighted by Crippen LogP contribution is 2.25. The minimum atomic E-state index is -0.0501. The van der Waals surface area contributed by atoms with Crippen molar-refractivity contribution in [1.29, 1.82) is 0 Å². The van der Waals surface area contributed by atoms with Crippen molar-refractivity contribution in [2.45, 2.75) is 39.2 Å². The van der Waals surface area contributed by atoms with Crippen LogP contribution in [0.3, 0.4) is 0 Å². The molecule has 1 aliphatic rings. The number of aromatic nitrogens is 1. The maximum atomic E-state index is 12.6. The van der Waals surface area contributed by atoms with Crippen molar-refractivity contribution < 1.29 is 9.32 Å². The summed E-state index contributed by atoms with van der Waals surface area (Å²) in [6.45, 7) is 6.61. The summed E-state index contributed by atoms with van der Waals surface area (Å²) >= 11 is 0. The van der Waals surface area contributed by atoms with Crippen LogP contribution in [0.15, 0.2) is 34.9 Å². The van der Waals surface area contributed by atoms with Crippen LogP contribution in [-0.4, -0.2) is 24.2 Å². The third kappa shape index (κ3) is 4.03. The van der Waals surface area contributed by atoms with Gasteiger partial charge in [-0.3, -0.25) is 4.79 Å². The van der Waals surface area contributed by atoms with E-state index in [2.05, 4.69) is 35.7 Å². The van der Waals surface area contributed by atoms with Crippen LogP contribution in [0.5, 0.6) is 0 Å². The van der Waals surface area contributed by atoms with E-state index in [9.17, 15) is 4.79 Å². The van der Waals surface area contributed by atoms with Gasteiger partial charge in [0.15, 0.2) is 0 Å². The summed E-state index contributed by atoms with van der Waals surface area (Å²) in [5.41, 5.74) is 2.65. The highest BCUT2D eigenvalue weighted by molar-refractivity contribution is 5.95. The smallest absolute Gasteiger partial charge is 0.251 e. The van der Waals surface area contributed by atoms with E-state index in [1.54, 1.807) is 0 Å². The molecule has 0 saturated carbocycles. The van der Waals surface area contributed by atoms with Gasteiger partial charge in [-0.1, -0.05) is 37.2 Å². The molecule has 0 aliphatic carbocycles. The van der Waals surface area contributed by atoms with Gasteiger partial charge in [-0.05, 0) is 36.4 Å². The van der Waals surface area contributed by atoms with Crippen LogP contribution < -0.4 is 10.6 Å². The Morgan fingerprint density at radius 3 is 3.00 bits per heavy atom.